The second-order valence-corrected chi connectivity index (χ2v) is 6.61. The molecule has 0 aromatic heterocycles. The molecule has 21 heavy (non-hydrogen) atoms. The minimum Gasteiger partial charge on any atom is -0.207 e. The van der Waals surface area contributed by atoms with E-state index in [4.69, 9.17) is 11.6 Å². The lowest BCUT2D eigenvalue weighted by atomic mass is 10.1. The SMILES string of the molecule is Cc1ccc(F)cc1CNS(=O)(=O)c1ccc(F)cc1Cl. The molecule has 0 fully saturated rings. The molecule has 0 saturated heterocycles. The maximum Gasteiger partial charge on any atom is 0.242 e. The molecule has 0 amide bonds. The lowest BCUT2D eigenvalue weighted by Gasteiger charge is -2.10. The highest BCUT2D eigenvalue weighted by atomic mass is 35.5. The second kappa shape index (κ2) is 6.09. The van der Waals surface area contributed by atoms with Gasteiger partial charge in [0.1, 0.15) is 16.5 Å². The predicted octanol–water partition coefficient (Wildman–Crippen LogP) is 3.41. The van der Waals surface area contributed by atoms with Crippen LogP contribution in [0.4, 0.5) is 8.78 Å². The Morgan fingerprint density at radius 1 is 1.10 bits per heavy atom. The first-order chi connectivity index (χ1) is 9.79. The molecule has 0 saturated carbocycles. The molecule has 0 heterocycles. The summed E-state index contributed by atoms with van der Waals surface area (Å²) in [5, 5.41) is -0.210. The Balaban J connectivity index is 2.24. The van der Waals surface area contributed by atoms with Crippen molar-refractivity contribution in [1.82, 2.24) is 4.72 Å². The fraction of sp³-hybridized carbons (Fsp3) is 0.143. The molecule has 0 atom stereocenters. The Morgan fingerprint density at radius 3 is 2.38 bits per heavy atom. The standard InChI is InChI=1S/C14H12ClF2NO2S/c1-9-2-3-11(16)6-10(9)8-18-21(19,20)14-5-4-12(17)7-13(14)15/h2-7,18H,8H2,1H3. The average Bonchev–Trinajstić information content (AvgIpc) is 2.39. The van der Waals surface area contributed by atoms with Crippen molar-refractivity contribution in [2.24, 2.45) is 0 Å². The van der Waals surface area contributed by atoms with Crippen molar-refractivity contribution in [2.45, 2.75) is 18.4 Å². The van der Waals surface area contributed by atoms with Crippen molar-refractivity contribution in [3.63, 3.8) is 0 Å². The Hall–Kier alpha value is -1.50. The molecule has 0 unspecified atom stereocenters. The fourth-order valence-electron chi connectivity index (χ4n) is 1.77. The van der Waals surface area contributed by atoms with E-state index in [0.717, 1.165) is 23.8 Å². The monoisotopic (exact) mass is 331 g/mol. The minimum absolute atomic E-state index is 0.0837. The van der Waals surface area contributed by atoms with Crippen LogP contribution in [0, 0.1) is 18.6 Å². The van der Waals surface area contributed by atoms with Crippen LogP contribution in [0.2, 0.25) is 5.02 Å². The van der Waals surface area contributed by atoms with Gasteiger partial charge < -0.3 is 0 Å². The van der Waals surface area contributed by atoms with Crippen molar-refractivity contribution in [3.05, 3.63) is 64.2 Å². The lowest BCUT2D eigenvalue weighted by Crippen LogP contribution is -2.24. The number of nitrogens with one attached hydrogen (secondary N) is 1. The zero-order valence-electron chi connectivity index (χ0n) is 11.0. The molecule has 1 N–H and O–H groups in total. The summed E-state index contributed by atoms with van der Waals surface area (Å²) >= 11 is 5.73. The summed E-state index contributed by atoms with van der Waals surface area (Å²) in [7, 11) is -3.91. The maximum absolute atomic E-state index is 13.2. The van der Waals surface area contributed by atoms with Crippen LogP contribution >= 0.6 is 11.6 Å². The van der Waals surface area contributed by atoms with Crippen molar-refractivity contribution in [1.29, 1.82) is 0 Å². The van der Waals surface area contributed by atoms with Crippen molar-refractivity contribution < 1.29 is 17.2 Å². The van der Waals surface area contributed by atoms with Gasteiger partial charge in [0.2, 0.25) is 10.0 Å². The van der Waals surface area contributed by atoms with Crippen LogP contribution in [0.3, 0.4) is 0 Å². The lowest BCUT2D eigenvalue weighted by molar-refractivity contribution is 0.579. The molecule has 0 spiro atoms. The minimum atomic E-state index is -3.91. The molecule has 0 aliphatic rings. The van der Waals surface area contributed by atoms with Gasteiger partial charge in [-0.2, -0.15) is 0 Å². The van der Waals surface area contributed by atoms with Crippen molar-refractivity contribution >= 4 is 21.6 Å². The predicted molar refractivity (Wildman–Crippen MR) is 76.6 cm³/mol. The van der Waals surface area contributed by atoms with Gasteiger partial charge in [-0.1, -0.05) is 17.7 Å². The van der Waals surface area contributed by atoms with Crippen molar-refractivity contribution in [3.8, 4) is 0 Å². The Morgan fingerprint density at radius 2 is 1.71 bits per heavy atom. The van der Waals surface area contributed by atoms with E-state index in [2.05, 4.69) is 4.72 Å². The van der Waals surface area contributed by atoms with E-state index in [1.807, 2.05) is 0 Å². The van der Waals surface area contributed by atoms with E-state index < -0.39 is 21.7 Å². The Labute approximate surface area is 126 Å². The highest BCUT2D eigenvalue weighted by Gasteiger charge is 2.18. The summed E-state index contributed by atoms with van der Waals surface area (Å²) < 4.78 is 52.7. The second-order valence-electron chi connectivity index (χ2n) is 4.47. The molecule has 3 nitrogen and oxygen atoms in total. The maximum atomic E-state index is 13.2. The summed E-state index contributed by atoms with van der Waals surface area (Å²) in [4.78, 5) is -0.223. The molecule has 0 aliphatic heterocycles. The zero-order valence-corrected chi connectivity index (χ0v) is 12.6. The van der Waals surface area contributed by atoms with Gasteiger partial charge in [-0.25, -0.2) is 21.9 Å². The van der Waals surface area contributed by atoms with Crippen LogP contribution in [0.5, 0.6) is 0 Å². The van der Waals surface area contributed by atoms with Gasteiger partial charge in [0.25, 0.3) is 0 Å². The third-order valence-electron chi connectivity index (χ3n) is 2.95. The summed E-state index contributed by atoms with van der Waals surface area (Å²) in [5.41, 5.74) is 1.26. The topological polar surface area (TPSA) is 46.2 Å². The quantitative estimate of drug-likeness (QED) is 0.933. The van der Waals surface area contributed by atoms with Crippen LogP contribution < -0.4 is 4.72 Å². The molecule has 0 aliphatic carbocycles. The molecule has 2 aromatic carbocycles. The smallest absolute Gasteiger partial charge is 0.207 e. The number of halogens is 3. The third-order valence-corrected chi connectivity index (χ3v) is 4.83. The van der Waals surface area contributed by atoms with Crippen LogP contribution in [0.1, 0.15) is 11.1 Å². The zero-order chi connectivity index (χ0) is 15.6. The molecule has 7 heteroatoms. The summed E-state index contributed by atoms with van der Waals surface area (Å²) in [5.74, 6) is -1.07. The Bertz CT molecular complexity index is 779. The van der Waals surface area contributed by atoms with Gasteiger partial charge in [-0.05, 0) is 48.4 Å². The van der Waals surface area contributed by atoms with Crippen LogP contribution in [-0.2, 0) is 16.6 Å². The Kier molecular flexibility index (Phi) is 4.61. The summed E-state index contributed by atoms with van der Waals surface area (Å²) in [6.45, 7) is 1.66. The van der Waals surface area contributed by atoms with E-state index in [1.54, 1.807) is 13.0 Å². The molecule has 112 valence electrons. The molecule has 2 rings (SSSR count). The summed E-state index contributed by atoms with van der Waals surface area (Å²) in [6, 6.07) is 7.12. The van der Waals surface area contributed by atoms with Gasteiger partial charge >= 0.3 is 0 Å². The first-order valence-corrected chi connectivity index (χ1v) is 7.85. The van der Waals surface area contributed by atoms with Crippen molar-refractivity contribution in [2.75, 3.05) is 0 Å². The summed E-state index contributed by atoms with van der Waals surface area (Å²) in [6.07, 6.45) is 0. The first kappa shape index (κ1) is 15.9. The number of benzene rings is 2. The van der Waals surface area contributed by atoms with Gasteiger partial charge in [0, 0.05) is 6.54 Å². The van der Waals surface area contributed by atoms with E-state index in [9.17, 15) is 17.2 Å². The number of hydrogen-bond donors (Lipinski definition) is 1. The highest BCUT2D eigenvalue weighted by molar-refractivity contribution is 7.89. The molecular formula is C14H12ClF2NO2S. The van der Waals surface area contributed by atoms with E-state index in [1.165, 1.54) is 12.1 Å². The molecule has 0 bridgehead atoms. The van der Waals surface area contributed by atoms with Gasteiger partial charge in [0.05, 0.1) is 5.02 Å². The largest absolute Gasteiger partial charge is 0.242 e. The normalized spacial score (nSPS) is 11.6. The molecule has 2 aromatic rings. The van der Waals surface area contributed by atoms with E-state index in [-0.39, 0.29) is 16.5 Å². The number of hydrogen-bond acceptors (Lipinski definition) is 2. The van der Waals surface area contributed by atoms with E-state index >= 15 is 0 Å². The molecular weight excluding hydrogens is 320 g/mol. The number of aryl methyl sites for hydroxylation is 1. The highest BCUT2D eigenvalue weighted by Crippen LogP contribution is 2.22. The van der Waals surface area contributed by atoms with Gasteiger partial charge in [0.15, 0.2) is 0 Å². The third kappa shape index (κ3) is 3.78. The molecule has 0 radical (unpaired) electrons. The first-order valence-electron chi connectivity index (χ1n) is 5.99. The van der Waals surface area contributed by atoms with Crippen LogP contribution in [0.15, 0.2) is 41.3 Å². The van der Waals surface area contributed by atoms with Gasteiger partial charge in [-0.15, -0.1) is 0 Å². The number of rotatable bonds is 4. The van der Waals surface area contributed by atoms with Crippen LogP contribution in [0.25, 0.3) is 0 Å². The van der Waals surface area contributed by atoms with E-state index in [0.29, 0.717) is 5.56 Å². The van der Waals surface area contributed by atoms with Crippen LogP contribution in [-0.4, -0.2) is 8.42 Å². The fourth-order valence-corrected chi connectivity index (χ4v) is 3.31. The van der Waals surface area contributed by atoms with Gasteiger partial charge in [-0.3, -0.25) is 0 Å². The number of sulfonamides is 1. The average molecular weight is 332 g/mol.